The third-order valence-electron chi connectivity index (χ3n) is 5.55. The highest BCUT2D eigenvalue weighted by Crippen LogP contribution is 2.48. The highest BCUT2D eigenvalue weighted by molar-refractivity contribution is 7.81. The summed E-state index contributed by atoms with van der Waals surface area (Å²) in [6.45, 7) is 1.60. The van der Waals surface area contributed by atoms with Gasteiger partial charge in [0.15, 0.2) is 10.8 Å². The number of alkyl halides is 3. The van der Waals surface area contributed by atoms with E-state index in [-0.39, 0.29) is 10.8 Å². The van der Waals surface area contributed by atoms with E-state index in [2.05, 4.69) is 4.98 Å². The van der Waals surface area contributed by atoms with Gasteiger partial charge in [-0.25, -0.2) is 9.37 Å². The zero-order valence-electron chi connectivity index (χ0n) is 15.6. The van der Waals surface area contributed by atoms with Crippen LogP contribution in [0.1, 0.15) is 36.1 Å². The van der Waals surface area contributed by atoms with Crippen molar-refractivity contribution in [2.75, 3.05) is 9.80 Å². The molecule has 0 radical (unpaired) electrons. The van der Waals surface area contributed by atoms with Gasteiger partial charge < -0.3 is 4.90 Å². The largest absolute Gasteiger partial charge is 0.419 e. The molecule has 0 bridgehead atoms. The molecule has 2 aromatic rings. The number of benzene rings is 1. The molecule has 2 aliphatic rings. The lowest BCUT2D eigenvalue weighted by Crippen LogP contribution is -2.55. The summed E-state index contributed by atoms with van der Waals surface area (Å²) in [4.78, 5) is 19.4. The molecule has 0 atom stereocenters. The van der Waals surface area contributed by atoms with E-state index in [1.165, 1.54) is 17.0 Å². The van der Waals surface area contributed by atoms with Crippen LogP contribution in [0.25, 0.3) is 0 Å². The first-order chi connectivity index (χ1) is 14.1. The molecule has 0 N–H and O–H groups in total. The first kappa shape index (κ1) is 20.2. The summed E-state index contributed by atoms with van der Waals surface area (Å²) in [5, 5.41) is 8.90. The van der Waals surface area contributed by atoms with E-state index in [9.17, 15) is 22.4 Å². The maximum absolute atomic E-state index is 14.2. The van der Waals surface area contributed by atoms with E-state index in [0.29, 0.717) is 30.2 Å². The van der Waals surface area contributed by atoms with Gasteiger partial charge in [0.1, 0.15) is 17.4 Å². The Morgan fingerprint density at radius 1 is 1.23 bits per heavy atom. The number of carbonyl (C=O) groups is 1. The Bertz CT molecular complexity index is 1120. The lowest BCUT2D eigenvalue weighted by Gasteiger charge is -2.43. The average molecular weight is 434 g/mol. The third-order valence-corrected chi connectivity index (χ3v) is 5.91. The second-order valence-corrected chi connectivity index (χ2v) is 7.64. The predicted molar refractivity (Wildman–Crippen MR) is 104 cm³/mol. The van der Waals surface area contributed by atoms with Gasteiger partial charge in [-0.05, 0) is 62.2 Å². The number of pyridine rings is 1. The number of nitrogens with zero attached hydrogens (tertiary/aromatic N) is 4. The molecule has 4 rings (SSSR count). The number of aromatic nitrogens is 1. The maximum atomic E-state index is 14.2. The molecule has 0 unspecified atom stereocenters. The van der Waals surface area contributed by atoms with Crippen molar-refractivity contribution in [3.05, 3.63) is 53.1 Å². The van der Waals surface area contributed by atoms with Crippen LogP contribution >= 0.6 is 12.2 Å². The molecule has 1 amide bonds. The highest BCUT2D eigenvalue weighted by atomic mass is 32.1. The minimum absolute atomic E-state index is 0.0532. The molecule has 1 aliphatic heterocycles. The quantitative estimate of drug-likeness (QED) is 0.515. The topological polar surface area (TPSA) is 60.2 Å². The summed E-state index contributed by atoms with van der Waals surface area (Å²) in [6.07, 6.45) is -2.20. The van der Waals surface area contributed by atoms with Crippen molar-refractivity contribution < 1.29 is 22.4 Å². The van der Waals surface area contributed by atoms with Crippen molar-refractivity contribution in [1.29, 1.82) is 5.26 Å². The summed E-state index contributed by atoms with van der Waals surface area (Å²) in [5.41, 5.74) is -2.51. The minimum Gasteiger partial charge on any atom is -0.303 e. The monoisotopic (exact) mass is 434 g/mol. The third kappa shape index (κ3) is 2.84. The summed E-state index contributed by atoms with van der Waals surface area (Å²) in [6, 6.07) is 6.54. The van der Waals surface area contributed by atoms with Crippen LogP contribution in [0.3, 0.4) is 0 Å². The van der Waals surface area contributed by atoms with E-state index in [0.717, 1.165) is 17.5 Å². The van der Waals surface area contributed by atoms with Gasteiger partial charge in [-0.1, -0.05) is 6.07 Å². The van der Waals surface area contributed by atoms with Crippen LogP contribution in [0.2, 0.25) is 0 Å². The van der Waals surface area contributed by atoms with Crippen molar-refractivity contribution in [3.63, 3.8) is 0 Å². The maximum Gasteiger partial charge on any atom is 0.419 e. The van der Waals surface area contributed by atoms with E-state index in [1.54, 1.807) is 19.1 Å². The van der Waals surface area contributed by atoms with Gasteiger partial charge in [0.05, 0.1) is 17.4 Å². The molecule has 30 heavy (non-hydrogen) atoms. The zero-order chi connectivity index (χ0) is 21.8. The van der Waals surface area contributed by atoms with Crippen LogP contribution < -0.4 is 9.80 Å². The molecule has 2 fully saturated rings. The smallest absolute Gasteiger partial charge is 0.303 e. The van der Waals surface area contributed by atoms with Crippen LogP contribution in [-0.4, -0.2) is 21.5 Å². The predicted octanol–water partition coefficient (Wildman–Crippen LogP) is 4.48. The normalized spacial score (nSPS) is 18.0. The molecule has 1 saturated heterocycles. The fourth-order valence-electron chi connectivity index (χ4n) is 3.81. The molecule has 1 aliphatic carbocycles. The second kappa shape index (κ2) is 6.74. The number of carbonyl (C=O) groups excluding carboxylic acids is 1. The van der Waals surface area contributed by atoms with E-state index in [1.807, 2.05) is 0 Å². The van der Waals surface area contributed by atoms with E-state index >= 15 is 0 Å². The molecule has 154 valence electrons. The molecule has 10 heteroatoms. The van der Waals surface area contributed by atoms with Gasteiger partial charge in [-0.3, -0.25) is 9.69 Å². The summed E-state index contributed by atoms with van der Waals surface area (Å²) in [7, 11) is 0. The number of hydrogen-bond donors (Lipinski definition) is 0. The van der Waals surface area contributed by atoms with Crippen LogP contribution in [0, 0.1) is 24.1 Å². The fraction of sp³-hybridized carbons (Fsp3) is 0.300. The van der Waals surface area contributed by atoms with Gasteiger partial charge in [0, 0.05) is 5.69 Å². The number of hydrogen-bond acceptors (Lipinski definition) is 4. The average Bonchev–Trinajstić information content (AvgIpc) is 2.90. The molecule has 1 saturated carbocycles. The molecular formula is C20H14F4N4OS. The SMILES string of the molecule is Cc1ccc(N2C(=S)N(c3cnc(C#N)c(C(F)(F)F)c3)C(=O)C23CCC3)cc1F. The first-order valence-electron chi connectivity index (χ1n) is 9.02. The molecule has 1 spiro atoms. The van der Waals surface area contributed by atoms with Crippen molar-refractivity contribution in [2.24, 2.45) is 0 Å². The fourth-order valence-corrected chi connectivity index (χ4v) is 4.28. The lowest BCUT2D eigenvalue weighted by atomic mass is 9.75. The second-order valence-electron chi connectivity index (χ2n) is 7.28. The standard InChI is InChI=1S/C20H14F4N4OS/c1-11-3-4-12(8-15(11)21)28-18(30)27(17(29)19(28)5-2-6-19)13-7-14(20(22,23)24)16(9-25)26-10-13/h3-4,7-8,10H,2,5-6H2,1H3. The van der Waals surface area contributed by atoms with Crippen molar-refractivity contribution in [1.82, 2.24) is 4.98 Å². The zero-order valence-corrected chi connectivity index (χ0v) is 16.4. The Balaban J connectivity index is 1.83. The minimum atomic E-state index is -4.83. The van der Waals surface area contributed by atoms with Gasteiger partial charge in [-0.2, -0.15) is 18.4 Å². The van der Waals surface area contributed by atoms with Crippen LogP contribution in [0.4, 0.5) is 28.9 Å². The summed E-state index contributed by atoms with van der Waals surface area (Å²) < 4.78 is 54.3. The van der Waals surface area contributed by atoms with Gasteiger partial charge >= 0.3 is 6.18 Å². The molecule has 1 aromatic carbocycles. The molecular weight excluding hydrogens is 420 g/mol. The molecule has 2 heterocycles. The Morgan fingerprint density at radius 3 is 2.47 bits per heavy atom. The number of thiocarbonyl (C=S) groups is 1. The number of rotatable bonds is 2. The van der Waals surface area contributed by atoms with E-state index < -0.39 is 34.7 Å². The van der Waals surface area contributed by atoms with Crippen molar-refractivity contribution in [2.45, 2.75) is 37.9 Å². The molecule has 5 nitrogen and oxygen atoms in total. The first-order valence-corrected chi connectivity index (χ1v) is 9.43. The number of aryl methyl sites for hydroxylation is 1. The Labute approximate surface area is 174 Å². The van der Waals surface area contributed by atoms with E-state index in [4.69, 9.17) is 17.5 Å². The lowest BCUT2D eigenvalue weighted by molar-refractivity contribution is -0.138. The summed E-state index contributed by atoms with van der Waals surface area (Å²) in [5.74, 6) is -0.963. The van der Waals surface area contributed by atoms with Crippen molar-refractivity contribution >= 4 is 34.6 Å². The molecule has 1 aromatic heterocycles. The van der Waals surface area contributed by atoms with Crippen LogP contribution in [0.5, 0.6) is 0 Å². The Hall–Kier alpha value is -3.06. The summed E-state index contributed by atoms with van der Waals surface area (Å²) >= 11 is 5.46. The number of halogens is 4. The van der Waals surface area contributed by atoms with Crippen LogP contribution in [-0.2, 0) is 11.0 Å². The number of anilines is 2. The van der Waals surface area contributed by atoms with Crippen molar-refractivity contribution in [3.8, 4) is 6.07 Å². The number of nitriles is 1. The van der Waals surface area contributed by atoms with Gasteiger partial charge in [-0.15, -0.1) is 0 Å². The Morgan fingerprint density at radius 2 is 1.93 bits per heavy atom. The number of amides is 1. The van der Waals surface area contributed by atoms with Gasteiger partial charge in [0.25, 0.3) is 5.91 Å². The highest BCUT2D eigenvalue weighted by Gasteiger charge is 2.59. The van der Waals surface area contributed by atoms with Crippen LogP contribution in [0.15, 0.2) is 30.5 Å². The van der Waals surface area contributed by atoms with Gasteiger partial charge in [0.2, 0.25) is 0 Å². The Kier molecular flexibility index (Phi) is 4.54.